The molecule has 1 aromatic carbocycles. The molecular formula is C22H29Cl2N3O. The second-order valence-corrected chi connectivity index (χ2v) is 9.89. The summed E-state index contributed by atoms with van der Waals surface area (Å²) in [6.07, 6.45) is 7.25. The Labute approximate surface area is 177 Å². The summed E-state index contributed by atoms with van der Waals surface area (Å²) in [7, 11) is 0. The van der Waals surface area contributed by atoms with Crippen LogP contribution in [0, 0.1) is 17.3 Å². The van der Waals surface area contributed by atoms with Gasteiger partial charge in [0.2, 0.25) is 0 Å². The molecule has 0 aromatic heterocycles. The number of amides is 2. The molecule has 4 rings (SSSR count). The minimum Gasteiger partial charge on any atom is -0.335 e. The van der Waals surface area contributed by atoms with Crippen molar-refractivity contribution in [2.45, 2.75) is 45.6 Å². The van der Waals surface area contributed by atoms with Crippen molar-refractivity contribution in [3.63, 3.8) is 0 Å². The van der Waals surface area contributed by atoms with E-state index in [0.717, 1.165) is 44.3 Å². The van der Waals surface area contributed by atoms with E-state index in [2.05, 4.69) is 35.5 Å². The van der Waals surface area contributed by atoms with Gasteiger partial charge < -0.3 is 10.6 Å². The molecule has 2 unspecified atom stereocenters. The van der Waals surface area contributed by atoms with E-state index in [1.165, 1.54) is 12.8 Å². The minimum atomic E-state index is -0.186. The number of fused-ring (bicyclic) bond motifs is 2. The Morgan fingerprint density at radius 1 is 1.14 bits per heavy atom. The van der Waals surface area contributed by atoms with E-state index in [4.69, 9.17) is 23.2 Å². The average molecular weight is 422 g/mol. The number of carbonyl (C=O) groups excluding carboxylic acids is 1. The highest BCUT2D eigenvalue weighted by Gasteiger charge is 2.48. The van der Waals surface area contributed by atoms with E-state index >= 15 is 0 Å². The predicted molar refractivity (Wildman–Crippen MR) is 116 cm³/mol. The number of piperidine rings is 1. The van der Waals surface area contributed by atoms with E-state index in [9.17, 15) is 4.79 Å². The van der Waals surface area contributed by atoms with E-state index in [0.29, 0.717) is 21.1 Å². The predicted octanol–water partition coefficient (Wildman–Crippen LogP) is 5.57. The van der Waals surface area contributed by atoms with Crippen LogP contribution in [0.1, 0.15) is 39.5 Å². The molecule has 6 heteroatoms. The molecule has 1 heterocycles. The number of likely N-dealkylation sites (tertiary alicyclic amines) is 1. The number of urea groups is 1. The highest BCUT2D eigenvalue weighted by molar-refractivity contribution is 6.42. The number of nitrogens with zero attached hydrogens (tertiary/aromatic N) is 1. The number of carbonyl (C=O) groups is 1. The Kier molecular flexibility index (Phi) is 5.65. The molecule has 152 valence electrons. The molecule has 4 nitrogen and oxygen atoms in total. The third kappa shape index (κ3) is 4.05. The number of hydrogen-bond donors (Lipinski definition) is 2. The van der Waals surface area contributed by atoms with Crippen molar-refractivity contribution >= 4 is 34.9 Å². The van der Waals surface area contributed by atoms with Gasteiger partial charge in [-0.05, 0) is 61.1 Å². The summed E-state index contributed by atoms with van der Waals surface area (Å²) in [6, 6.07) is 5.13. The first-order valence-electron chi connectivity index (χ1n) is 10.3. The Balaban J connectivity index is 1.23. The van der Waals surface area contributed by atoms with Crippen LogP contribution in [0.3, 0.4) is 0 Å². The van der Waals surface area contributed by atoms with Gasteiger partial charge in [0.05, 0.1) is 10.0 Å². The van der Waals surface area contributed by atoms with Gasteiger partial charge in [-0.25, -0.2) is 4.79 Å². The van der Waals surface area contributed by atoms with Crippen molar-refractivity contribution in [2.24, 2.45) is 17.3 Å². The summed E-state index contributed by atoms with van der Waals surface area (Å²) < 4.78 is 0. The number of hydrogen-bond acceptors (Lipinski definition) is 2. The Hall–Kier alpha value is -1.23. The monoisotopic (exact) mass is 421 g/mol. The van der Waals surface area contributed by atoms with Crippen molar-refractivity contribution in [1.82, 2.24) is 10.2 Å². The molecule has 2 amide bonds. The van der Waals surface area contributed by atoms with Crippen LogP contribution in [0.15, 0.2) is 29.8 Å². The molecular weight excluding hydrogens is 393 g/mol. The Bertz CT molecular complexity index is 784. The molecule has 1 saturated heterocycles. The highest BCUT2D eigenvalue weighted by atomic mass is 35.5. The fourth-order valence-electron chi connectivity index (χ4n) is 5.27. The fourth-order valence-corrected chi connectivity index (χ4v) is 5.57. The molecule has 1 saturated carbocycles. The lowest BCUT2D eigenvalue weighted by atomic mass is 9.79. The summed E-state index contributed by atoms with van der Waals surface area (Å²) in [5, 5.41) is 6.84. The lowest BCUT2D eigenvalue weighted by molar-refractivity contribution is 0.197. The maximum absolute atomic E-state index is 12.3. The van der Waals surface area contributed by atoms with Crippen molar-refractivity contribution in [1.29, 1.82) is 0 Å². The van der Waals surface area contributed by atoms with Crippen molar-refractivity contribution in [2.75, 3.05) is 25.0 Å². The normalized spacial score (nSPS) is 26.9. The van der Waals surface area contributed by atoms with Crippen LogP contribution in [-0.4, -0.2) is 36.6 Å². The van der Waals surface area contributed by atoms with Crippen LogP contribution in [0.5, 0.6) is 0 Å². The maximum atomic E-state index is 12.3. The molecule has 1 aromatic rings. The average Bonchev–Trinajstić information content (AvgIpc) is 3.06. The zero-order valence-corrected chi connectivity index (χ0v) is 18.1. The van der Waals surface area contributed by atoms with Crippen LogP contribution in [0.25, 0.3) is 0 Å². The molecule has 2 fully saturated rings. The first-order chi connectivity index (χ1) is 13.3. The molecule has 2 atom stereocenters. The topological polar surface area (TPSA) is 44.4 Å². The first-order valence-corrected chi connectivity index (χ1v) is 11.0. The van der Waals surface area contributed by atoms with E-state index < -0.39 is 0 Å². The van der Waals surface area contributed by atoms with Gasteiger partial charge in [-0.3, -0.25) is 4.90 Å². The molecule has 2 bridgehead atoms. The summed E-state index contributed by atoms with van der Waals surface area (Å²) in [6.45, 7) is 8.04. The van der Waals surface area contributed by atoms with Gasteiger partial charge in [-0.2, -0.15) is 0 Å². The van der Waals surface area contributed by atoms with Crippen LogP contribution < -0.4 is 10.6 Å². The van der Waals surface area contributed by atoms with Gasteiger partial charge in [-0.1, -0.05) is 48.7 Å². The van der Waals surface area contributed by atoms with Crippen LogP contribution in [0.4, 0.5) is 10.5 Å². The van der Waals surface area contributed by atoms with E-state index in [1.807, 2.05) is 0 Å². The zero-order chi connectivity index (χ0) is 19.9. The Morgan fingerprint density at radius 3 is 2.50 bits per heavy atom. The lowest BCUT2D eigenvalue weighted by Gasteiger charge is -2.34. The molecule has 1 aliphatic heterocycles. The minimum absolute atomic E-state index is 0.186. The van der Waals surface area contributed by atoms with Gasteiger partial charge >= 0.3 is 6.03 Å². The molecule has 2 N–H and O–H groups in total. The summed E-state index contributed by atoms with van der Waals surface area (Å²) in [5.74, 6) is 1.54. The number of nitrogens with one attached hydrogen (secondary N) is 2. The maximum Gasteiger partial charge on any atom is 0.319 e. The smallest absolute Gasteiger partial charge is 0.319 e. The van der Waals surface area contributed by atoms with E-state index in [-0.39, 0.29) is 12.1 Å². The third-order valence-electron chi connectivity index (χ3n) is 6.99. The van der Waals surface area contributed by atoms with Gasteiger partial charge in [0.15, 0.2) is 0 Å². The third-order valence-corrected chi connectivity index (χ3v) is 7.73. The van der Waals surface area contributed by atoms with E-state index in [1.54, 1.807) is 23.8 Å². The fraction of sp³-hybridized carbons (Fsp3) is 0.591. The second kappa shape index (κ2) is 7.89. The highest BCUT2D eigenvalue weighted by Crippen LogP contribution is 2.56. The number of benzene rings is 1. The standard InChI is InChI=1S/C22H29Cl2N3O/c1-22(2)15-3-5-18(22)14(11-15)13-27-9-7-16(8-10-27)25-21(28)26-17-4-6-19(23)20(24)12-17/h4,6,11-12,15-16,18H,3,5,7-10,13H2,1-2H3,(H2,25,26,28). The summed E-state index contributed by atoms with van der Waals surface area (Å²) in [5.41, 5.74) is 2.76. The molecule has 3 aliphatic rings. The number of anilines is 1. The molecule has 28 heavy (non-hydrogen) atoms. The lowest BCUT2D eigenvalue weighted by Crippen LogP contribution is -2.46. The van der Waals surface area contributed by atoms with Crippen LogP contribution >= 0.6 is 23.2 Å². The molecule has 0 radical (unpaired) electrons. The number of allylic oxidation sites excluding steroid dienone is 1. The molecule has 2 aliphatic carbocycles. The summed E-state index contributed by atoms with van der Waals surface area (Å²) >= 11 is 11.9. The largest absolute Gasteiger partial charge is 0.335 e. The van der Waals surface area contributed by atoms with Crippen LogP contribution in [-0.2, 0) is 0 Å². The van der Waals surface area contributed by atoms with Crippen molar-refractivity contribution in [3.8, 4) is 0 Å². The SMILES string of the molecule is CC1(C)C2C=C(CN3CCC(NC(=O)Nc4ccc(Cl)c(Cl)c4)CC3)C1CC2. The van der Waals surface area contributed by atoms with Gasteiger partial charge in [0.1, 0.15) is 0 Å². The van der Waals surface area contributed by atoms with Gasteiger partial charge in [-0.15, -0.1) is 0 Å². The van der Waals surface area contributed by atoms with Gasteiger partial charge in [0.25, 0.3) is 0 Å². The van der Waals surface area contributed by atoms with Gasteiger partial charge in [0, 0.05) is 31.4 Å². The Morgan fingerprint density at radius 2 is 1.89 bits per heavy atom. The summed E-state index contributed by atoms with van der Waals surface area (Å²) in [4.78, 5) is 14.8. The number of halogens is 2. The second-order valence-electron chi connectivity index (χ2n) is 9.08. The van der Waals surface area contributed by atoms with Crippen molar-refractivity contribution < 1.29 is 4.79 Å². The molecule has 0 spiro atoms. The quantitative estimate of drug-likeness (QED) is 0.623. The van der Waals surface area contributed by atoms with Crippen molar-refractivity contribution in [3.05, 3.63) is 39.9 Å². The first kappa shape index (κ1) is 20.1. The number of rotatable bonds is 4. The van der Waals surface area contributed by atoms with Crippen LogP contribution in [0.2, 0.25) is 10.0 Å². The zero-order valence-electron chi connectivity index (χ0n) is 16.6.